The minimum atomic E-state index is -0.634. The molecule has 0 bridgehead atoms. The highest BCUT2D eigenvalue weighted by Gasteiger charge is 2.18. The fourth-order valence-corrected chi connectivity index (χ4v) is 2.38. The molecule has 0 saturated carbocycles. The van der Waals surface area contributed by atoms with Gasteiger partial charge in [0.05, 0.1) is 17.1 Å². The number of para-hydroxylation sites is 1. The van der Waals surface area contributed by atoms with E-state index in [4.69, 9.17) is 4.74 Å². The summed E-state index contributed by atoms with van der Waals surface area (Å²) in [5, 5.41) is 12.1. The van der Waals surface area contributed by atoms with Crippen LogP contribution in [-0.2, 0) is 25.4 Å². The molecule has 0 spiro atoms. The number of carbonyl (C=O) groups excluding carboxylic acids is 1. The number of hydrogen-bond donors (Lipinski definition) is 1. The van der Waals surface area contributed by atoms with Crippen molar-refractivity contribution in [3.63, 3.8) is 0 Å². The van der Waals surface area contributed by atoms with Crippen LogP contribution in [0.25, 0.3) is 10.9 Å². The lowest BCUT2D eigenvalue weighted by Gasteiger charge is -2.12. The van der Waals surface area contributed by atoms with Crippen LogP contribution in [0.15, 0.2) is 36.7 Å². The predicted octanol–water partition coefficient (Wildman–Crippen LogP) is 1.39. The summed E-state index contributed by atoms with van der Waals surface area (Å²) in [6.07, 6.45) is 2.95. The maximum atomic E-state index is 12.2. The second-order valence-corrected chi connectivity index (χ2v) is 5.45. The van der Waals surface area contributed by atoms with Gasteiger partial charge in [-0.15, -0.1) is 5.10 Å². The van der Waals surface area contributed by atoms with Gasteiger partial charge in [-0.2, -0.15) is 5.10 Å². The summed E-state index contributed by atoms with van der Waals surface area (Å²) in [5.41, 5.74) is 1.90. The third kappa shape index (κ3) is 3.18. The molecule has 1 atom stereocenters. The Morgan fingerprint density at radius 1 is 1.35 bits per heavy atom. The van der Waals surface area contributed by atoms with E-state index in [1.807, 2.05) is 44.6 Å². The van der Waals surface area contributed by atoms with Crippen LogP contribution in [0.4, 0.5) is 0 Å². The molecule has 0 saturated heterocycles. The molecule has 2 heterocycles. The van der Waals surface area contributed by atoms with Crippen molar-refractivity contribution >= 4 is 16.8 Å². The molecule has 0 aliphatic heterocycles. The van der Waals surface area contributed by atoms with E-state index in [-0.39, 0.29) is 5.91 Å². The zero-order valence-electron chi connectivity index (χ0n) is 13.4. The number of carbonyl (C=O) groups is 1. The van der Waals surface area contributed by atoms with Crippen LogP contribution in [-0.4, -0.2) is 31.6 Å². The fourth-order valence-electron chi connectivity index (χ4n) is 2.38. The lowest BCUT2D eigenvalue weighted by molar-refractivity contribution is -0.127. The van der Waals surface area contributed by atoms with Crippen molar-refractivity contribution < 1.29 is 9.53 Å². The van der Waals surface area contributed by atoms with Crippen molar-refractivity contribution in [3.05, 3.63) is 42.2 Å². The van der Waals surface area contributed by atoms with Gasteiger partial charge in [0.25, 0.3) is 5.91 Å². The Balaban J connectivity index is 1.65. The molecular weight excluding hydrogens is 294 g/mol. The molecule has 0 aliphatic carbocycles. The van der Waals surface area contributed by atoms with E-state index in [1.165, 1.54) is 0 Å². The van der Waals surface area contributed by atoms with Gasteiger partial charge in [0.1, 0.15) is 0 Å². The smallest absolute Gasteiger partial charge is 0.261 e. The van der Waals surface area contributed by atoms with Gasteiger partial charge >= 0.3 is 0 Å². The highest BCUT2D eigenvalue weighted by molar-refractivity contribution is 5.85. The highest BCUT2D eigenvalue weighted by Crippen LogP contribution is 2.24. The number of rotatable bonds is 5. The highest BCUT2D eigenvalue weighted by atomic mass is 16.5. The molecule has 23 heavy (non-hydrogen) atoms. The molecule has 120 valence electrons. The minimum Gasteiger partial charge on any atom is -0.463 e. The average Bonchev–Trinajstić information content (AvgIpc) is 3.09. The topological polar surface area (TPSA) is 74.0 Å². The predicted molar refractivity (Wildman–Crippen MR) is 85.9 cm³/mol. The lowest BCUT2D eigenvalue weighted by atomic mass is 10.2. The van der Waals surface area contributed by atoms with E-state index < -0.39 is 6.10 Å². The van der Waals surface area contributed by atoms with Crippen molar-refractivity contribution in [2.24, 2.45) is 14.1 Å². The Morgan fingerprint density at radius 2 is 2.13 bits per heavy atom. The Labute approximate surface area is 133 Å². The van der Waals surface area contributed by atoms with E-state index in [2.05, 4.69) is 15.5 Å². The monoisotopic (exact) mass is 313 g/mol. The molecule has 3 aromatic rings. The van der Waals surface area contributed by atoms with Gasteiger partial charge in [-0.3, -0.25) is 14.2 Å². The lowest BCUT2D eigenvalue weighted by Crippen LogP contribution is -2.36. The van der Waals surface area contributed by atoms with E-state index >= 15 is 0 Å². The van der Waals surface area contributed by atoms with Crippen LogP contribution in [0.3, 0.4) is 0 Å². The molecule has 1 amide bonds. The van der Waals surface area contributed by atoms with Gasteiger partial charge < -0.3 is 10.1 Å². The number of fused-ring (bicyclic) bond motifs is 1. The second kappa shape index (κ2) is 6.12. The van der Waals surface area contributed by atoms with E-state index in [0.717, 1.165) is 16.5 Å². The number of benzene rings is 1. The SMILES string of the molecule is C[C@H](Oc1nn(C)c2ccccc12)C(=O)NCc1cnn(C)c1. The van der Waals surface area contributed by atoms with Crippen LogP contribution in [0.2, 0.25) is 0 Å². The number of aryl methyl sites for hydroxylation is 2. The number of ether oxygens (including phenoxy) is 1. The first-order valence-corrected chi connectivity index (χ1v) is 7.38. The molecule has 0 radical (unpaired) electrons. The normalized spacial score (nSPS) is 12.3. The van der Waals surface area contributed by atoms with Crippen molar-refractivity contribution in [1.29, 1.82) is 0 Å². The molecule has 2 aromatic heterocycles. The number of amides is 1. The van der Waals surface area contributed by atoms with Gasteiger partial charge in [0.2, 0.25) is 5.88 Å². The summed E-state index contributed by atoms with van der Waals surface area (Å²) in [6, 6.07) is 7.75. The summed E-state index contributed by atoms with van der Waals surface area (Å²) in [4.78, 5) is 12.2. The minimum absolute atomic E-state index is 0.191. The summed E-state index contributed by atoms with van der Waals surface area (Å²) in [7, 11) is 3.69. The van der Waals surface area contributed by atoms with Gasteiger partial charge in [-0.25, -0.2) is 0 Å². The molecule has 1 N–H and O–H groups in total. The van der Waals surface area contributed by atoms with Crippen LogP contribution >= 0.6 is 0 Å². The van der Waals surface area contributed by atoms with Crippen LogP contribution in [0.1, 0.15) is 12.5 Å². The summed E-state index contributed by atoms with van der Waals surface area (Å²) < 4.78 is 9.18. The van der Waals surface area contributed by atoms with Crippen molar-refractivity contribution in [1.82, 2.24) is 24.9 Å². The molecule has 7 heteroatoms. The Kier molecular flexibility index (Phi) is 4.01. The first kappa shape index (κ1) is 15.1. The fraction of sp³-hybridized carbons (Fsp3) is 0.312. The standard InChI is InChI=1S/C16H19N5O2/c1-11(15(22)17-8-12-9-18-20(2)10-12)23-16-13-6-4-5-7-14(13)21(3)19-16/h4-7,9-11H,8H2,1-3H3,(H,17,22)/t11-/m0/s1. The van der Waals surface area contributed by atoms with Crippen molar-refractivity contribution in [2.45, 2.75) is 19.6 Å². The first-order chi connectivity index (χ1) is 11.0. The largest absolute Gasteiger partial charge is 0.463 e. The number of hydrogen-bond acceptors (Lipinski definition) is 4. The maximum Gasteiger partial charge on any atom is 0.261 e. The summed E-state index contributed by atoms with van der Waals surface area (Å²) >= 11 is 0. The Morgan fingerprint density at radius 3 is 2.87 bits per heavy atom. The summed E-state index contributed by atoms with van der Waals surface area (Å²) in [6.45, 7) is 2.13. The number of aromatic nitrogens is 4. The Bertz CT molecular complexity index is 836. The molecule has 0 fully saturated rings. The third-order valence-corrected chi connectivity index (χ3v) is 3.61. The zero-order chi connectivity index (χ0) is 16.4. The number of nitrogens with one attached hydrogen (secondary N) is 1. The van der Waals surface area contributed by atoms with E-state index in [0.29, 0.717) is 12.4 Å². The van der Waals surface area contributed by atoms with Gasteiger partial charge in [0, 0.05) is 32.4 Å². The summed E-state index contributed by atoms with van der Waals surface area (Å²) in [5.74, 6) is 0.274. The first-order valence-electron chi connectivity index (χ1n) is 7.38. The maximum absolute atomic E-state index is 12.2. The van der Waals surface area contributed by atoms with Crippen molar-refractivity contribution in [3.8, 4) is 5.88 Å². The average molecular weight is 313 g/mol. The van der Waals surface area contributed by atoms with Crippen LogP contribution in [0, 0.1) is 0 Å². The van der Waals surface area contributed by atoms with Crippen molar-refractivity contribution in [2.75, 3.05) is 0 Å². The van der Waals surface area contributed by atoms with Crippen LogP contribution < -0.4 is 10.1 Å². The third-order valence-electron chi connectivity index (χ3n) is 3.61. The Hall–Kier alpha value is -2.83. The molecule has 1 aromatic carbocycles. The van der Waals surface area contributed by atoms with Gasteiger partial charge in [-0.1, -0.05) is 12.1 Å². The second-order valence-electron chi connectivity index (χ2n) is 5.45. The van der Waals surface area contributed by atoms with Gasteiger partial charge in [0.15, 0.2) is 6.10 Å². The molecule has 0 unspecified atom stereocenters. The molecule has 7 nitrogen and oxygen atoms in total. The molecular formula is C16H19N5O2. The van der Waals surface area contributed by atoms with E-state index in [1.54, 1.807) is 22.5 Å². The van der Waals surface area contributed by atoms with Gasteiger partial charge in [-0.05, 0) is 19.1 Å². The molecule has 3 rings (SSSR count). The number of nitrogens with zero attached hydrogens (tertiary/aromatic N) is 4. The quantitative estimate of drug-likeness (QED) is 0.772. The zero-order valence-corrected chi connectivity index (χ0v) is 13.4. The van der Waals surface area contributed by atoms with Crippen LogP contribution in [0.5, 0.6) is 5.88 Å². The molecule has 0 aliphatic rings. The van der Waals surface area contributed by atoms with E-state index in [9.17, 15) is 4.79 Å².